The fourth-order valence-corrected chi connectivity index (χ4v) is 2.01. The molecule has 4 nitrogen and oxygen atoms in total. The third kappa shape index (κ3) is 2.96. The Bertz CT molecular complexity index is 642. The topological polar surface area (TPSA) is 77.0 Å². The largest absolute Gasteiger partial charge is 0.419 e. The minimum Gasteiger partial charge on any atom is -0.383 e. The number of nitrogens with one attached hydrogen (secondary N) is 1. The fourth-order valence-electron chi connectivity index (χ4n) is 2.01. The summed E-state index contributed by atoms with van der Waals surface area (Å²) in [6.45, 7) is 0. The fraction of sp³-hybridized carbons (Fsp3) is 0.154. The average Bonchev–Trinajstić information content (AvgIpc) is 2.42. The number of nitrogens with zero attached hydrogens (tertiary/aromatic N) is 1. The van der Waals surface area contributed by atoms with Crippen LogP contribution in [-0.4, -0.2) is 4.98 Å². The van der Waals surface area contributed by atoms with Gasteiger partial charge in [0.2, 0.25) is 0 Å². The number of aromatic nitrogens is 1. The highest BCUT2D eigenvalue weighted by atomic mass is 19.4. The van der Waals surface area contributed by atoms with Gasteiger partial charge in [-0.15, -0.1) is 0 Å². The smallest absolute Gasteiger partial charge is 0.383 e. The third-order valence-electron chi connectivity index (χ3n) is 2.99. The van der Waals surface area contributed by atoms with Crippen LogP contribution in [0.5, 0.6) is 0 Å². The van der Waals surface area contributed by atoms with Crippen molar-refractivity contribution in [3.8, 4) is 0 Å². The highest BCUT2D eigenvalue weighted by Crippen LogP contribution is 2.35. The number of benzene rings is 1. The standard InChI is InChI=1S/C13H12F4N4/c14-10-7(3-1-5-9(10)13(15,16)17)11(21-19)8-4-2-6-20-12(8)18/h1-6,11,21H,19H2,(H2,18,20). The molecule has 2 rings (SSSR count). The van der Waals surface area contributed by atoms with E-state index in [0.29, 0.717) is 11.6 Å². The Morgan fingerprint density at radius 1 is 1.10 bits per heavy atom. The predicted octanol–water partition coefficient (Wildman–Crippen LogP) is 2.37. The van der Waals surface area contributed by atoms with Crippen LogP contribution in [0.2, 0.25) is 0 Å². The molecule has 0 spiro atoms. The van der Waals surface area contributed by atoms with Gasteiger partial charge in [0, 0.05) is 17.3 Å². The summed E-state index contributed by atoms with van der Waals surface area (Å²) in [4.78, 5) is 3.81. The number of hydrazine groups is 1. The van der Waals surface area contributed by atoms with Crippen molar-refractivity contribution < 1.29 is 17.6 Å². The molecule has 0 amide bonds. The number of nitrogens with two attached hydrogens (primary N) is 2. The van der Waals surface area contributed by atoms with E-state index in [9.17, 15) is 17.6 Å². The summed E-state index contributed by atoms with van der Waals surface area (Å²) < 4.78 is 52.4. The summed E-state index contributed by atoms with van der Waals surface area (Å²) in [6, 6.07) is 4.98. The van der Waals surface area contributed by atoms with Gasteiger partial charge < -0.3 is 5.73 Å². The van der Waals surface area contributed by atoms with Gasteiger partial charge in [-0.1, -0.05) is 18.2 Å². The molecule has 1 atom stereocenters. The number of rotatable bonds is 3. The number of hydrogen-bond donors (Lipinski definition) is 3. The van der Waals surface area contributed by atoms with E-state index in [-0.39, 0.29) is 11.4 Å². The lowest BCUT2D eigenvalue weighted by atomic mass is 9.97. The van der Waals surface area contributed by atoms with Crippen LogP contribution in [0.1, 0.15) is 22.7 Å². The molecule has 2 aromatic rings. The van der Waals surface area contributed by atoms with Crippen molar-refractivity contribution in [2.75, 3.05) is 5.73 Å². The molecule has 0 bridgehead atoms. The molecule has 0 aliphatic heterocycles. The molecule has 1 aromatic heterocycles. The van der Waals surface area contributed by atoms with Crippen LogP contribution in [0.25, 0.3) is 0 Å². The lowest BCUT2D eigenvalue weighted by Crippen LogP contribution is -2.31. The summed E-state index contributed by atoms with van der Waals surface area (Å²) in [5, 5.41) is 0. The van der Waals surface area contributed by atoms with Crippen LogP contribution in [0.4, 0.5) is 23.4 Å². The molecule has 1 heterocycles. The first-order valence-corrected chi connectivity index (χ1v) is 5.88. The average molecular weight is 300 g/mol. The number of pyridine rings is 1. The number of hydrogen-bond acceptors (Lipinski definition) is 4. The molecule has 112 valence electrons. The normalized spacial score (nSPS) is 13.2. The van der Waals surface area contributed by atoms with Crippen LogP contribution in [-0.2, 0) is 6.18 Å². The molecule has 0 aliphatic carbocycles. The number of halogens is 4. The van der Waals surface area contributed by atoms with E-state index >= 15 is 0 Å². The minimum atomic E-state index is -4.79. The molecule has 0 fully saturated rings. The first kappa shape index (κ1) is 15.2. The van der Waals surface area contributed by atoms with Crippen molar-refractivity contribution >= 4 is 5.82 Å². The van der Waals surface area contributed by atoms with Crippen LogP contribution in [0, 0.1) is 5.82 Å². The van der Waals surface area contributed by atoms with Gasteiger partial charge >= 0.3 is 6.18 Å². The molecule has 0 aliphatic rings. The lowest BCUT2D eigenvalue weighted by Gasteiger charge is -2.20. The van der Waals surface area contributed by atoms with Gasteiger partial charge in [0.25, 0.3) is 0 Å². The maximum atomic E-state index is 14.1. The van der Waals surface area contributed by atoms with Crippen LogP contribution in [0.15, 0.2) is 36.5 Å². The molecule has 0 radical (unpaired) electrons. The zero-order chi connectivity index (χ0) is 15.6. The van der Waals surface area contributed by atoms with Crippen LogP contribution in [0.3, 0.4) is 0 Å². The molecule has 0 saturated heterocycles. The summed E-state index contributed by atoms with van der Waals surface area (Å²) in [6.07, 6.45) is -3.38. The second-order valence-electron chi connectivity index (χ2n) is 4.28. The summed E-state index contributed by atoms with van der Waals surface area (Å²) in [7, 11) is 0. The first-order chi connectivity index (χ1) is 9.86. The van der Waals surface area contributed by atoms with Gasteiger partial charge in [0.1, 0.15) is 11.6 Å². The molecule has 5 N–H and O–H groups in total. The van der Waals surface area contributed by atoms with Crippen molar-refractivity contribution in [1.82, 2.24) is 10.4 Å². The molecule has 1 unspecified atom stereocenters. The second-order valence-corrected chi connectivity index (χ2v) is 4.28. The monoisotopic (exact) mass is 300 g/mol. The summed E-state index contributed by atoms with van der Waals surface area (Å²) in [5.74, 6) is 4.01. The highest BCUT2D eigenvalue weighted by molar-refractivity contribution is 5.46. The van der Waals surface area contributed by atoms with Crippen molar-refractivity contribution in [1.29, 1.82) is 0 Å². The zero-order valence-corrected chi connectivity index (χ0v) is 10.7. The van der Waals surface area contributed by atoms with Gasteiger partial charge in [-0.05, 0) is 12.1 Å². The van der Waals surface area contributed by atoms with E-state index in [0.717, 1.165) is 6.07 Å². The molecule has 8 heteroatoms. The molecule has 1 aromatic carbocycles. The maximum absolute atomic E-state index is 14.1. The summed E-state index contributed by atoms with van der Waals surface area (Å²) >= 11 is 0. The molecular formula is C13H12F4N4. The van der Waals surface area contributed by atoms with Gasteiger partial charge in [0.15, 0.2) is 0 Å². The SMILES string of the molecule is NNC(c1cccnc1N)c1cccc(C(F)(F)F)c1F. The minimum absolute atomic E-state index is 0.0530. The second kappa shape index (κ2) is 5.66. The van der Waals surface area contributed by atoms with Crippen molar-refractivity contribution in [3.63, 3.8) is 0 Å². The number of anilines is 1. The van der Waals surface area contributed by atoms with Crippen molar-refractivity contribution in [2.45, 2.75) is 12.2 Å². The van der Waals surface area contributed by atoms with E-state index in [1.54, 1.807) is 0 Å². The Kier molecular flexibility index (Phi) is 4.10. The van der Waals surface area contributed by atoms with Crippen molar-refractivity contribution in [2.24, 2.45) is 5.84 Å². The van der Waals surface area contributed by atoms with Gasteiger partial charge in [0.05, 0.1) is 11.6 Å². The number of alkyl halides is 3. The Morgan fingerprint density at radius 3 is 2.33 bits per heavy atom. The molecule has 0 saturated carbocycles. The Morgan fingerprint density at radius 2 is 1.76 bits per heavy atom. The van der Waals surface area contributed by atoms with E-state index in [1.807, 2.05) is 0 Å². The highest BCUT2D eigenvalue weighted by Gasteiger charge is 2.36. The predicted molar refractivity (Wildman–Crippen MR) is 69.2 cm³/mol. The summed E-state index contributed by atoms with van der Waals surface area (Å²) in [5.41, 5.74) is 6.60. The van der Waals surface area contributed by atoms with E-state index in [4.69, 9.17) is 11.6 Å². The third-order valence-corrected chi connectivity index (χ3v) is 2.99. The molecular weight excluding hydrogens is 288 g/mol. The zero-order valence-electron chi connectivity index (χ0n) is 10.7. The van der Waals surface area contributed by atoms with Crippen LogP contribution < -0.4 is 17.0 Å². The quantitative estimate of drug-likeness (QED) is 0.462. The Hall–Kier alpha value is -2.19. The number of nitrogen functional groups attached to an aromatic ring is 1. The van der Waals surface area contributed by atoms with Gasteiger partial charge in [-0.25, -0.2) is 14.8 Å². The Balaban J connectivity index is 2.57. The van der Waals surface area contributed by atoms with E-state index in [2.05, 4.69) is 10.4 Å². The van der Waals surface area contributed by atoms with Gasteiger partial charge in [-0.2, -0.15) is 13.2 Å². The van der Waals surface area contributed by atoms with E-state index in [1.165, 1.54) is 24.4 Å². The van der Waals surface area contributed by atoms with Crippen LogP contribution >= 0.6 is 0 Å². The lowest BCUT2D eigenvalue weighted by molar-refractivity contribution is -0.140. The maximum Gasteiger partial charge on any atom is 0.419 e. The Labute approximate surface area is 117 Å². The van der Waals surface area contributed by atoms with Gasteiger partial charge in [-0.3, -0.25) is 5.84 Å². The van der Waals surface area contributed by atoms with E-state index < -0.39 is 23.6 Å². The molecule has 21 heavy (non-hydrogen) atoms. The first-order valence-electron chi connectivity index (χ1n) is 5.88. The van der Waals surface area contributed by atoms with Crippen molar-refractivity contribution in [3.05, 3.63) is 59.0 Å².